The molecule has 146 valence electrons. The van der Waals surface area contributed by atoms with E-state index in [1.165, 1.54) is 6.92 Å². The van der Waals surface area contributed by atoms with Crippen molar-refractivity contribution in [1.82, 2.24) is 14.7 Å². The van der Waals surface area contributed by atoms with Crippen molar-refractivity contribution in [3.8, 4) is 0 Å². The van der Waals surface area contributed by atoms with Gasteiger partial charge in [-0.3, -0.25) is 9.59 Å². The molecule has 0 spiro atoms. The van der Waals surface area contributed by atoms with E-state index < -0.39 is 18.0 Å². The molecule has 0 aliphatic heterocycles. The maximum absolute atomic E-state index is 12.4. The van der Waals surface area contributed by atoms with Gasteiger partial charge in [-0.25, -0.2) is 9.78 Å². The average Bonchev–Trinajstić information content (AvgIpc) is 3.07. The number of benzene rings is 1. The van der Waals surface area contributed by atoms with Gasteiger partial charge in [0, 0.05) is 12.6 Å². The van der Waals surface area contributed by atoms with Crippen LogP contribution < -0.4 is 10.9 Å². The molecule has 28 heavy (non-hydrogen) atoms. The van der Waals surface area contributed by atoms with Crippen molar-refractivity contribution in [1.29, 1.82) is 0 Å². The summed E-state index contributed by atoms with van der Waals surface area (Å²) in [5.41, 5.74) is 1.54. The molecule has 0 saturated carbocycles. The normalized spacial score (nSPS) is 12.0. The Morgan fingerprint density at radius 1 is 1.29 bits per heavy atom. The van der Waals surface area contributed by atoms with Gasteiger partial charge in [0.05, 0.1) is 16.6 Å². The van der Waals surface area contributed by atoms with E-state index in [2.05, 4.69) is 15.5 Å². The van der Waals surface area contributed by atoms with Gasteiger partial charge in [0.15, 0.2) is 11.9 Å². The minimum atomic E-state index is -1.04. The Kier molecular flexibility index (Phi) is 5.25. The molecule has 1 amide bonds. The fourth-order valence-corrected chi connectivity index (χ4v) is 2.75. The largest absolute Gasteiger partial charge is 0.449 e. The lowest BCUT2D eigenvalue weighted by molar-refractivity contribution is -0.123. The SMILES string of the molecule is CCn1c(=O)c(C)nc2cc(C(=O)O[C@H](C)C(=O)Nc3cc(C)on3)ccc21. The number of esters is 1. The highest BCUT2D eigenvalue weighted by molar-refractivity contribution is 5.98. The smallest absolute Gasteiger partial charge is 0.338 e. The van der Waals surface area contributed by atoms with Crippen molar-refractivity contribution >= 4 is 28.7 Å². The first-order valence-electron chi connectivity index (χ1n) is 8.76. The first-order valence-corrected chi connectivity index (χ1v) is 8.76. The third-order valence-corrected chi connectivity index (χ3v) is 4.19. The number of carbonyl (C=O) groups excluding carboxylic acids is 2. The van der Waals surface area contributed by atoms with E-state index >= 15 is 0 Å². The van der Waals surface area contributed by atoms with E-state index in [-0.39, 0.29) is 16.9 Å². The van der Waals surface area contributed by atoms with E-state index in [1.807, 2.05) is 6.92 Å². The second-order valence-electron chi connectivity index (χ2n) is 6.31. The summed E-state index contributed by atoms with van der Waals surface area (Å²) < 4.78 is 11.7. The average molecular weight is 384 g/mol. The zero-order valence-corrected chi connectivity index (χ0v) is 16.0. The first-order chi connectivity index (χ1) is 13.3. The van der Waals surface area contributed by atoms with Crippen LogP contribution in [0.4, 0.5) is 5.82 Å². The monoisotopic (exact) mass is 384 g/mol. The van der Waals surface area contributed by atoms with Crippen molar-refractivity contribution in [2.75, 3.05) is 5.32 Å². The summed E-state index contributed by atoms with van der Waals surface area (Å²) in [6, 6.07) is 6.28. The first kappa shape index (κ1) is 19.3. The van der Waals surface area contributed by atoms with Crippen molar-refractivity contribution in [2.45, 2.75) is 40.3 Å². The van der Waals surface area contributed by atoms with Crippen LogP contribution in [0, 0.1) is 13.8 Å². The van der Waals surface area contributed by atoms with Gasteiger partial charge in [0.1, 0.15) is 11.5 Å². The summed E-state index contributed by atoms with van der Waals surface area (Å²) in [4.78, 5) is 41.0. The van der Waals surface area contributed by atoms with E-state index in [9.17, 15) is 14.4 Å². The van der Waals surface area contributed by atoms with Gasteiger partial charge < -0.3 is 19.1 Å². The Labute approximate surface area is 160 Å². The quantitative estimate of drug-likeness (QED) is 0.670. The Morgan fingerprint density at radius 3 is 2.68 bits per heavy atom. The van der Waals surface area contributed by atoms with Gasteiger partial charge in [-0.15, -0.1) is 0 Å². The van der Waals surface area contributed by atoms with Crippen LogP contribution in [0.15, 0.2) is 33.6 Å². The molecule has 3 aromatic rings. The molecule has 0 aliphatic rings. The molecule has 3 rings (SSSR count). The molecule has 1 atom stereocenters. The predicted molar refractivity (Wildman–Crippen MR) is 101 cm³/mol. The minimum Gasteiger partial charge on any atom is -0.449 e. The fourth-order valence-electron chi connectivity index (χ4n) is 2.75. The van der Waals surface area contributed by atoms with Crippen LogP contribution in [0.3, 0.4) is 0 Å². The number of rotatable bonds is 5. The molecule has 0 radical (unpaired) electrons. The van der Waals surface area contributed by atoms with Crippen LogP contribution in [0.1, 0.15) is 35.7 Å². The van der Waals surface area contributed by atoms with E-state index in [4.69, 9.17) is 9.26 Å². The third kappa shape index (κ3) is 3.78. The van der Waals surface area contributed by atoms with Gasteiger partial charge in [-0.05, 0) is 45.9 Å². The van der Waals surface area contributed by atoms with Crippen LogP contribution in [0.5, 0.6) is 0 Å². The molecule has 1 N–H and O–H groups in total. The Bertz CT molecular complexity index is 1120. The van der Waals surface area contributed by atoms with Gasteiger partial charge in [0.25, 0.3) is 11.5 Å². The molecule has 0 aliphatic carbocycles. The Morgan fingerprint density at radius 2 is 2.04 bits per heavy atom. The molecule has 1 aromatic carbocycles. The summed E-state index contributed by atoms with van der Waals surface area (Å²) in [5, 5.41) is 6.16. The molecule has 2 heterocycles. The number of aryl methyl sites for hydroxylation is 3. The van der Waals surface area contributed by atoms with Crippen molar-refractivity contribution in [3.63, 3.8) is 0 Å². The van der Waals surface area contributed by atoms with Crippen molar-refractivity contribution < 1.29 is 18.8 Å². The van der Waals surface area contributed by atoms with E-state index in [1.54, 1.807) is 42.7 Å². The summed E-state index contributed by atoms with van der Waals surface area (Å²) in [6.45, 7) is 7.12. The van der Waals surface area contributed by atoms with Gasteiger partial charge in [-0.2, -0.15) is 0 Å². The number of nitrogens with zero attached hydrogens (tertiary/aromatic N) is 3. The number of hydrogen-bond donors (Lipinski definition) is 1. The molecule has 0 saturated heterocycles. The number of ether oxygens (including phenoxy) is 1. The van der Waals surface area contributed by atoms with Gasteiger partial charge in [0.2, 0.25) is 0 Å². The maximum Gasteiger partial charge on any atom is 0.338 e. The molecule has 9 nitrogen and oxygen atoms in total. The number of anilines is 1. The molecule has 2 aromatic heterocycles. The van der Waals surface area contributed by atoms with Crippen molar-refractivity contribution in [2.24, 2.45) is 0 Å². The highest BCUT2D eigenvalue weighted by Gasteiger charge is 2.21. The highest BCUT2D eigenvalue weighted by Crippen LogP contribution is 2.15. The number of hydrogen-bond acceptors (Lipinski definition) is 7. The topological polar surface area (TPSA) is 116 Å². The van der Waals surface area contributed by atoms with E-state index in [0.29, 0.717) is 29.0 Å². The van der Waals surface area contributed by atoms with Gasteiger partial charge in [-0.1, -0.05) is 5.16 Å². The molecular weight excluding hydrogens is 364 g/mol. The molecule has 9 heteroatoms. The van der Waals surface area contributed by atoms with Gasteiger partial charge >= 0.3 is 5.97 Å². The summed E-state index contributed by atoms with van der Waals surface area (Å²) >= 11 is 0. The Balaban J connectivity index is 1.78. The molecular formula is C19H20N4O5. The number of carbonyl (C=O) groups is 2. The van der Waals surface area contributed by atoms with Crippen LogP contribution in [0.2, 0.25) is 0 Å². The van der Waals surface area contributed by atoms with Crippen LogP contribution >= 0.6 is 0 Å². The molecule has 0 bridgehead atoms. The minimum absolute atomic E-state index is 0.168. The van der Waals surface area contributed by atoms with Crippen LogP contribution in [-0.4, -0.2) is 32.7 Å². The summed E-state index contributed by atoms with van der Waals surface area (Å²) in [7, 11) is 0. The van der Waals surface area contributed by atoms with Crippen LogP contribution in [-0.2, 0) is 16.1 Å². The number of nitrogens with one attached hydrogen (secondary N) is 1. The predicted octanol–water partition coefficient (Wildman–Crippen LogP) is 2.21. The molecule has 0 fully saturated rings. The van der Waals surface area contributed by atoms with E-state index in [0.717, 1.165) is 0 Å². The maximum atomic E-state index is 12.4. The standard InChI is InChI=1S/C19H20N4O5/c1-5-23-15-7-6-13(9-14(15)20-11(3)18(23)25)19(26)27-12(4)17(24)21-16-8-10(2)28-22-16/h6-9,12H,5H2,1-4H3,(H,21,22,24)/t12-/m1/s1. The van der Waals surface area contributed by atoms with Crippen molar-refractivity contribution in [3.05, 3.63) is 51.6 Å². The number of aromatic nitrogens is 3. The fraction of sp³-hybridized carbons (Fsp3) is 0.316. The van der Waals surface area contributed by atoms with Crippen LogP contribution in [0.25, 0.3) is 11.0 Å². The lowest BCUT2D eigenvalue weighted by Crippen LogP contribution is -2.30. The zero-order chi connectivity index (χ0) is 20.4. The molecule has 0 unspecified atom stereocenters. The summed E-state index contributed by atoms with van der Waals surface area (Å²) in [6.07, 6.45) is -1.04. The second-order valence-corrected chi connectivity index (χ2v) is 6.31. The lowest BCUT2D eigenvalue weighted by atomic mass is 10.2. The Hall–Kier alpha value is -3.49. The lowest BCUT2D eigenvalue weighted by Gasteiger charge is -2.13. The third-order valence-electron chi connectivity index (χ3n) is 4.19. The highest BCUT2D eigenvalue weighted by atomic mass is 16.5. The zero-order valence-electron chi connectivity index (χ0n) is 16.0. The number of amides is 1. The summed E-state index contributed by atoms with van der Waals surface area (Å²) in [5.74, 6) is -0.413. The number of fused-ring (bicyclic) bond motifs is 1. The second kappa shape index (κ2) is 7.63.